The highest BCUT2D eigenvalue weighted by Crippen LogP contribution is 2.27. The van der Waals surface area contributed by atoms with Crippen LogP contribution in [0.2, 0.25) is 0 Å². The van der Waals surface area contributed by atoms with E-state index in [4.69, 9.17) is 0 Å². The van der Waals surface area contributed by atoms with E-state index < -0.39 is 0 Å². The maximum absolute atomic E-state index is 3.48. The minimum atomic E-state index is 0.244. The molecule has 0 saturated carbocycles. The summed E-state index contributed by atoms with van der Waals surface area (Å²) in [4.78, 5) is 1.36. The Balaban J connectivity index is 2.53. The van der Waals surface area contributed by atoms with Gasteiger partial charge in [-0.3, -0.25) is 0 Å². The number of hydrogen-bond donors (Lipinski definition) is 1. The Hall–Kier alpha value is -0.470. The van der Waals surface area contributed by atoms with Crippen LogP contribution < -0.4 is 5.32 Å². The Morgan fingerprint density at radius 2 is 1.61 bits per heavy atom. The molecule has 0 amide bonds. The van der Waals surface area contributed by atoms with Crippen molar-refractivity contribution < 1.29 is 0 Å². The Morgan fingerprint density at radius 1 is 1.06 bits per heavy atom. The first-order chi connectivity index (χ1) is 8.29. The molecule has 0 aliphatic heterocycles. The zero-order valence-electron chi connectivity index (χ0n) is 12.6. The van der Waals surface area contributed by atoms with Gasteiger partial charge in [-0.25, -0.2) is 0 Å². The highest BCUT2D eigenvalue weighted by atomic mass is 32.2. The monoisotopic (exact) mass is 265 g/mol. The molecule has 1 atom stereocenters. The molecule has 0 aromatic heterocycles. The van der Waals surface area contributed by atoms with Gasteiger partial charge >= 0.3 is 0 Å². The summed E-state index contributed by atoms with van der Waals surface area (Å²) in [5, 5.41) is 4.08. The van der Waals surface area contributed by atoms with Gasteiger partial charge in [0.1, 0.15) is 0 Å². The van der Waals surface area contributed by atoms with Gasteiger partial charge in [0.15, 0.2) is 0 Å². The topological polar surface area (TPSA) is 12.0 Å². The van der Waals surface area contributed by atoms with E-state index in [9.17, 15) is 0 Å². The average Bonchev–Trinajstić information content (AvgIpc) is 2.26. The van der Waals surface area contributed by atoms with Crippen LogP contribution in [0.4, 0.5) is 0 Å². The van der Waals surface area contributed by atoms with Gasteiger partial charge in [0.05, 0.1) is 0 Å². The summed E-state index contributed by atoms with van der Waals surface area (Å²) < 4.78 is 0. The van der Waals surface area contributed by atoms with Crippen LogP contribution in [0.3, 0.4) is 0 Å². The van der Waals surface area contributed by atoms with Crippen molar-refractivity contribution in [2.75, 3.05) is 6.54 Å². The molecule has 1 aromatic rings. The number of rotatable bonds is 5. The second-order valence-electron chi connectivity index (χ2n) is 6.27. The summed E-state index contributed by atoms with van der Waals surface area (Å²) in [6.45, 7) is 14.5. The van der Waals surface area contributed by atoms with Crippen molar-refractivity contribution in [3.8, 4) is 0 Å². The lowest BCUT2D eigenvalue weighted by Crippen LogP contribution is -2.28. The Labute approximate surface area is 117 Å². The summed E-state index contributed by atoms with van der Waals surface area (Å²) in [7, 11) is 0. The van der Waals surface area contributed by atoms with Crippen LogP contribution in [0.25, 0.3) is 0 Å². The van der Waals surface area contributed by atoms with Gasteiger partial charge in [-0.1, -0.05) is 53.7 Å². The van der Waals surface area contributed by atoms with E-state index >= 15 is 0 Å². The third-order valence-corrected chi connectivity index (χ3v) is 3.98. The fraction of sp³-hybridized carbons (Fsp3) is 0.625. The second kappa shape index (κ2) is 6.63. The molecule has 1 rings (SSSR count). The molecule has 0 aliphatic carbocycles. The lowest BCUT2D eigenvalue weighted by atomic mass is 9.87. The highest BCUT2D eigenvalue weighted by molar-refractivity contribution is 8.00. The average molecular weight is 265 g/mol. The van der Waals surface area contributed by atoms with Crippen LogP contribution in [0.5, 0.6) is 0 Å². The van der Waals surface area contributed by atoms with Crippen LogP contribution in [0.1, 0.15) is 47.1 Å². The fourth-order valence-corrected chi connectivity index (χ4v) is 2.65. The maximum Gasteiger partial charge on any atom is 0.0191 e. The minimum absolute atomic E-state index is 0.244. The quantitative estimate of drug-likeness (QED) is 0.789. The van der Waals surface area contributed by atoms with Gasteiger partial charge in [0.25, 0.3) is 0 Å². The van der Waals surface area contributed by atoms with Crippen molar-refractivity contribution in [1.82, 2.24) is 5.32 Å². The zero-order chi connectivity index (χ0) is 13.8. The molecule has 1 aromatic carbocycles. The summed E-state index contributed by atoms with van der Waals surface area (Å²) >= 11 is 1.94. The molecule has 0 heterocycles. The molecular formula is C16H27NS. The zero-order valence-corrected chi connectivity index (χ0v) is 13.4. The van der Waals surface area contributed by atoms with E-state index in [1.807, 2.05) is 11.8 Å². The molecule has 0 radical (unpaired) electrons. The minimum Gasteiger partial charge on any atom is -0.313 e. The van der Waals surface area contributed by atoms with Gasteiger partial charge < -0.3 is 5.32 Å². The first-order valence-corrected chi connectivity index (χ1v) is 7.67. The first kappa shape index (κ1) is 15.6. The number of benzene rings is 1. The van der Waals surface area contributed by atoms with Gasteiger partial charge in [-0.2, -0.15) is 0 Å². The molecule has 1 N–H and O–H groups in total. The number of nitrogens with one attached hydrogen (secondary N) is 1. The molecular weight excluding hydrogens is 238 g/mol. The number of hydrogen-bond acceptors (Lipinski definition) is 2. The maximum atomic E-state index is 3.48. The lowest BCUT2D eigenvalue weighted by Gasteiger charge is -2.20. The van der Waals surface area contributed by atoms with Crippen molar-refractivity contribution in [3.63, 3.8) is 0 Å². The summed E-state index contributed by atoms with van der Waals surface area (Å²) in [5.74, 6) is 0. The molecule has 102 valence electrons. The van der Waals surface area contributed by atoms with E-state index in [0.29, 0.717) is 11.3 Å². The molecule has 0 fully saturated rings. The predicted octanol–water partition coefficient (Wildman–Crippen LogP) is 4.46. The molecule has 1 nitrogen and oxygen atoms in total. The smallest absolute Gasteiger partial charge is 0.0191 e. The van der Waals surface area contributed by atoms with E-state index in [1.54, 1.807) is 0 Å². The summed E-state index contributed by atoms with van der Waals surface area (Å²) in [6.07, 6.45) is 0. The van der Waals surface area contributed by atoms with E-state index in [2.05, 4.69) is 71.1 Å². The third kappa shape index (κ3) is 5.45. The van der Waals surface area contributed by atoms with E-state index in [1.165, 1.54) is 10.5 Å². The molecule has 0 saturated heterocycles. The van der Waals surface area contributed by atoms with Crippen molar-refractivity contribution in [3.05, 3.63) is 29.8 Å². The van der Waals surface area contributed by atoms with Crippen molar-refractivity contribution in [2.24, 2.45) is 0 Å². The highest BCUT2D eigenvalue weighted by Gasteiger charge is 2.13. The SMILES string of the molecule is CC(C)NCC(C)Sc1ccc(C(C)(C)C)cc1. The Bertz CT molecular complexity index is 348. The molecule has 1 unspecified atom stereocenters. The molecule has 0 bridgehead atoms. The molecule has 0 spiro atoms. The summed E-state index contributed by atoms with van der Waals surface area (Å²) in [5.41, 5.74) is 1.65. The van der Waals surface area contributed by atoms with Crippen LogP contribution in [0.15, 0.2) is 29.2 Å². The first-order valence-electron chi connectivity index (χ1n) is 6.79. The second-order valence-corrected chi connectivity index (χ2v) is 7.78. The van der Waals surface area contributed by atoms with Crippen LogP contribution >= 0.6 is 11.8 Å². The Kier molecular flexibility index (Phi) is 5.74. The molecule has 18 heavy (non-hydrogen) atoms. The van der Waals surface area contributed by atoms with Gasteiger partial charge in [-0.15, -0.1) is 11.8 Å². The predicted molar refractivity (Wildman–Crippen MR) is 83.6 cm³/mol. The standard InChI is InChI=1S/C16H27NS/c1-12(2)17-11-13(3)18-15-9-7-14(8-10-15)16(4,5)6/h7-10,12-13,17H,11H2,1-6H3. The summed E-state index contributed by atoms with van der Waals surface area (Å²) in [6, 6.07) is 9.57. The fourth-order valence-electron chi connectivity index (χ4n) is 1.71. The largest absolute Gasteiger partial charge is 0.313 e. The Morgan fingerprint density at radius 3 is 2.06 bits per heavy atom. The van der Waals surface area contributed by atoms with Crippen molar-refractivity contribution in [1.29, 1.82) is 0 Å². The number of thioether (sulfide) groups is 1. The van der Waals surface area contributed by atoms with Gasteiger partial charge in [0.2, 0.25) is 0 Å². The molecule has 0 aliphatic rings. The third-order valence-electron chi connectivity index (χ3n) is 2.87. The van der Waals surface area contributed by atoms with Gasteiger partial charge in [-0.05, 0) is 23.1 Å². The van der Waals surface area contributed by atoms with Crippen molar-refractivity contribution >= 4 is 11.8 Å². The molecule has 2 heteroatoms. The van der Waals surface area contributed by atoms with E-state index in [0.717, 1.165) is 6.54 Å². The normalized spacial score (nSPS) is 13.9. The van der Waals surface area contributed by atoms with Crippen LogP contribution in [0, 0.1) is 0 Å². The van der Waals surface area contributed by atoms with Gasteiger partial charge in [0, 0.05) is 22.7 Å². The van der Waals surface area contributed by atoms with Crippen LogP contribution in [-0.2, 0) is 5.41 Å². The van der Waals surface area contributed by atoms with Crippen molar-refractivity contribution in [2.45, 2.75) is 63.1 Å². The van der Waals surface area contributed by atoms with E-state index in [-0.39, 0.29) is 5.41 Å². The van der Waals surface area contributed by atoms with Crippen LogP contribution in [-0.4, -0.2) is 17.8 Å². The lowest BCUT2D eigenvalue weighted by molar-refractivity contribution is 0.588.